The summed E-state index contributed by atoms with van der Waals surface area (Å²) in [7, 11) is 0. The number of para-hydroxylation sites is 2. The van der Waals surface area contributed by atoms with E-state index in [0.717, 1.165) is 32.0 Å². The Balaban J connectivity index is 1.40. The first-order chi connectivity index (χ1) is 16.9. The molecule has 1 aliphatic heterocycles. The van der Waals surface area contributed by atoms with Crippen LogP contribution < -0.4 is 15.4 Å². The summed E-state index contributed by atoms with van der Waals surface area (Å²) >= 11 is 2.27. The maximum absolute atomic E-state index is 12.8. The van der Waals surface area contributed by atoms with Crippen LogP contribution in [0.3, 0.4) is 0 Å². The molecule has 35 heavy (non-hydrogen) atoms. The summed E-state index contributed by atoms with van der Waals surface area (Å²) in [6, 6.07) is 23.7. The van der Waals surface area contributed by atoms with Crippen molar-refractivity contribution in [3.63, 3.8) is 0 Å². The fourth-order valence-electron chi connectivity index (χ4n) is 4.21. The Morgan fingerprint density at radius 2 is 1.71 bits per heavy atom. The van der Waals surface area contributed by atoms with E-state index in [1.54, 1.807) is 11.8 Å². The van der Waals surface area contributed by atoms with Crippen LogP contribution in [0.1, 0.15) is 38.3 Å². The second-order valence-corrected chi connectivity index (χ2v) is 10.1. The van der Waals surface area contributed by atoms with Gasteiger partial charge in [-0.25, -0.2) is 0 Å². The van der Waals surface area contributed by atoms with Crippen molar-refractivity contribution in [3.05, 3.63) is 81.9 Å². The Morgan fingerprint density at radius 3 is 2.43 bits per heavy atom. The van der Waals surface area contributed by atoms with Gasteiger partial charge in [0.05, 0.1) is 5.69 Å². The molecule has 0 radical (unpaired) electrons. The van der Waals surface area contributed by atoms with Crippen molar-refractivity contribution in [2.75, 3.05) is 23.7 Å². The van der Waals surface area contributed by atoms with Crippen molar-refractivity contribution in [1.29, 1.82) is 0 Å². The second kappa shape index (κ2) is 11.6. The Kier molecular flexibility index (Phi) is 8.28. The SMILES string of the molecule is CC(=O)N1CCC(C(=O)Nc2cccc(C(C)Nc3ccccc3Oc3ccc(I)cc3)c2)CC1. The molecule has 3 aromatic rings. The smallest absolute Gasteiger partial charge is 0.227 e. The highest BCUT2D eigenvalue weighted by Crippen LogP contribution is 2.32. The average Bonchev–Trinajstić information content (AvgIpc) is 2.86. The van der Waals surface area contributed by atoms with Crippen molar-refractivity contribution in [1.82, 2.24) is 4.90 Å². The molecule has 1 saturated heterocycles. The first kappa shape index (κ1) is 25.0. The molecular weight excluding hydrogens is 553 g/mol. The zero-order valence-corrected chi connectivity index (χ0v) is 22.1. The molecule has 2 amide bonds. The highest BCUT2D eigenvalue weighted by atomic mass is 127. The topological polar surface area (TPSA) is 70.7 Å². The van der Waals surface area contributed by atoms with Gasteiger partial charge in [-0.3, -0.25) is 9.59 Å². The van der Waals surface area contributed by atoms with Crippen LogP contribution in [0, 0.1) is 9.49 Å². The number of carbonyl (C=O) groups is 2. The summed E-state index contributed by atoms with van der Waals surface area (Å²) in [4.78, 5) is 26.1. The molecule has 1 fully saturated rings. The lowest BCUT2D eigenvalue weighted by molar-refractivity contribution is -0.132. The zero-order chi connectivity index (χ0) is 24.8. The highest BCUT2D eigenvalue weighted by Gasteiger charge is 2.26. The fourth-order valence-corrected chi connectivity index (χ4v) is 4.57. The lowest BCUT2D eigenvalue weighted by atomic mass is 9.95. The van der Waals surface area contributed by atoms with E-state index < -0.39 is 0 Å². The van der Waals surface area contributed by atoms with E-state index in [4.69, 9.17) is 4.74 Å². The Hall–Kier alpha value is -3.07. The summed E-state index contributed by atoms with van der Waals surface area (Å²) in [6.45, 7) is 4.93. The largest absolute Gasteiger partial charge is 0.455 e. The zero-order valence-electron chi connectivity index (χ0n) is 20.0. The van der Waals surface area contributed by atoms with Crippen molar-refractivity contribution in [2.24, 2.45) is 5.92 Å². The molecule has 1 atom stereocenters. The Morgan fingerprint density at radius 1 is 1.00 bits per heavy atom. The van der Waals surface area contributed by atoms with Crippen LogP contribution in [0.15, 0.2) is 72.8 Å². The quantitative estimate of drug-likeness (QED) is 0.314. The molecule has 6 nitrogen and oxygen atoms in total. The number of hydrogen-bond acceptors (Lipinski definition) is 4. The lowest BCUT2D eigenvalue weighted by Crippen LogP contribution is -2.40. The van der Waals surface area contributed by atoms with E-state index in [1.807, 2.05) is 72.8 Å². The molecule has 2 N–H and O–H groups in total. The normalized spacial score (nSPS) is 14.8. The summed E-state index contributed by atoms with van der Waals surface area (Å²) in [5.74, 6) is 1.55. The van der Waals surface area contributed by atoms with Gasteiger partial charge in [0.2, 0.25) is 11.8 Å². The van der Waals surface area contributed by atoms with Crippen LogP contribution >= 0.6 is 22.6 Å². The van der Waals surface area contributed by atoms with E-state index in [1.165, 1.54) is 0 Å². The van der Waals surface area contributed by atoms with Crippen LogP contribution in [0.2, 0.25) is 0 Å². The van der Waals surface area contributed by atoms with Crippen LogP contribution in [0.5, 0.6) is 11.5 Å². The second-order valence-electron chi connectivity index (χ2n) is 8.81. The number of piperidine rings is 1. The minimum absolute atomic E-state index is 0.00729. The lowest BCUT2D eigenvalue weighted by Gasteiger charge is -2.30. The van der Waals surface area contributed by atoms with Crippen LogP contribution in [0.4, 0.5) is 11.4 Å². The summed E-state index contributed by atoms with van der Waals surface area (Å²) in [5.41, 5.74) is 2.72. The number of anilines is 2. The number of halogens is 1. The first-order valence-electron chi connectivity index (χ1n) is 11.8. The maximum Gasteiger partial charge on any atom is 0.227 e. The molecule has 1 aliphatic rings. The standard InChI is InChI=1S/C28H30IN3O3/c1-19(30-26-8-3-4-9-27(26)35-25-12-10-23(29)11-13-25)22-6-5-7-24(18-22)31-28(34)21-14-16-32(17-15-21)20(2)33/h3-13,18-19,21,30H,14-17H2,1-2H3,(H,31,34). The van der Waals surface area contributed by atoms with Gasteiger partial charge in [0, 0.05) is 41.2 Å². The molecule has 3 aromatic carbocycles. The summed E-state index contributed by atoms with van der Waals surface area (Å²) in [6.07, 6.45) is 1.39. The molecule has 182 valence electrons. The summed E-state index contributed by atoms with van der Waals surface area (Å²) in [5, 5.41) is 6.61. The van der Waals surface area contributed by atoms with E-state index >= 15 is 0 Å². The Bertz CT molecular complexity index is 1170. The summed E-state index contributed by atoms with van der Waals surface area (Å²) < 4.78 is 7.28. The molecular formula is C28H30IN3O3. The van der Waals surface area contributed by atoms with Crippen molar-refractivity contribution >= 4 is 45.8 Å². The number of ether oxygens (including phenoxy) is 1. The van der Waals surface area contributed by atoms with Crippen molar-refractivity contribution in [3.8, 4) is 11.5 Å². The molecule has 0 saturated carbocycles. The van der Waals surface area contributed by atoms with E-state index in [9.17, 15) is 9.59 Å². The van der Waals surface area contributed by atoms with Gasteiger partial charge in [-0.2, -0.15) is 0 Å². The predicted molar refractivity (Wildman–Crippen MR) is 148 cm³/mol. The molecule has 0 aliphatic carbocycles. The van der Waals surface area contributed by atoms with Gasteiger partial charge in [0.1, 0.15) is 5.75 Å². The molecule has 4 rings (SSSR count). The van der Waals surface area contributed by atoms with Crippen molar-refractivity contribution < 1.29 is 14.3 Å². The van der Waals surface area contributed by atoms with Crippen LogP contribution in [-0.2, 0) is 9.59 Å². The Labute approximate surface area is 220 Å². The third-order valence-corrected chi connectivity index (χ3v) is 6.98. The highest BCUT2D eigenvalue weighted by molar-refractivity contribution is 14.1. The van der Waals surface area contributed by atoms with Gasteiger partial charge < -0.3 is 20.3 Å². The van der Waals surface area contributed by atoms with Gasteiger partial charge in [-0.15, -0.1) is 0 Å². The molecule has 0 aromatic heterocycles. The van der Waals surface area contributed by atoms with Gasteiger partial charge in [-0.1, -0.05) is 24.3 Å². The van der Waals surface area contributed by atoms with Gasteiger partial charge in [0.15, 0.2) is 5.75 Å². The van der Waals surface area contributed by atoms with Gasteiger partial charge in [-0.05, 0) is 96.5 Å². The van der Waals surface area contributed by atoms with Crippen molar-refractivity contribution in [2.45, 2.75) is 32.7 Å². The average molecular weight is 583 g/mol. The maximum atomic E-state index is 12.8. The number of nitrogens with zero attached hydrogens (tertiary/aromatic N) is 1. The van der Waals surface area contributed by atoms with Crippen LogP contribution in [-0.4, -0.2) is 29.8 Å². The number of likely N-dealkylation sites (tertiary alicyclic amines) is 1. The molecule has 1 heterocycles. The number of nitrogens with one attached hydrogen (secondary N) is 2. The number of hydrogen-bond donors (Lipinski definition) is 2. The molecule has 1 unspecified atom stereocenters. The molecule has 0 spiro atoms. The third-order valence-electron chi connectivity index (χ3n) is 6.27. The van der Waals surface area contributed by atoms with Gasteiger partial charge in [0.25, 0.3) is 0 Å². The predicted octanol–water partition coefficient (Wildman–Crippen LogP) is 6.45. The number of rotatable bonds is 7. The number of carbonyl (C=O) groups excluding carboxylic acids is 2. The minimum atomic E-state index is -0.0740. The van der Waals surface area contributed by atoms with Gasteiger partial charge >= 0.3 is 0 Å². The number of amides is 2. The van der Waals surface area contributed by atoms with E-state index in [0.29, 0.717) is 25.9 Å². The number of benzene rings is 3. The molecule has 0 bridgehead atoms. The van der Waals surface area contributed by atoms with E-state index in [2.05, 4.69) is 40.1 Å². The monoisotopic (exact) mass is 583 g/mol. The fraction of sp³-hybridized carbons (Fsp3) is 0.286. The molecule has 7 heteroatoms. The van der Waals surface area contributed by atoms with Crippen LogP contribution in [0.25, 0.3) is 0 Å². The first-order valence-corrected chi connectivity index (χ1v) is 12.9. The minimum Gasteiger partial charge on any atom is -0.455 e. The third kappa shape index (κ3) is 6.75. The van der Waals surface area contributed by atoms with E-state index in [-0.39, 0.29) is 23.8 Å².